The highest BCUT2D eigenvalue weighted by atomic mass is 16.6. The SMILES string of the molecule is [2H]C([2H])(O)CCCC1CCCCN1C(=O)OC(C)(C)C. The first kappa shape index (κ1) is 12.3. The van der Waals surface area contributed by atoms with E-state index >= 15 is 0 Å². The second kappa shape index (κ2) is 6.98. The summed E-state index contributed by atoms with van der Waals surface area (Å²) in [5, 5.41) is 9.10. The van der Waals surface area contributed by atoms with Crippen LogP contribution in [0.1, 0.15) is 62.0 Å². The van der Waals surface area contributed by atoms with Crippen molar-refractivity contribution in [3.8, 4) is 0 Å². The van der Waals surface area contributed by atoms with Crippen molar-refractivity contribution in [3.05, 3.63) is 0 Å². The lowest BCUT2D eigenvalue weighted by molar-refractivity contribution is 0.00850. The fourth-order valence-electron chi connectivity index (χ4n) is 2.28. The highest BCUT2D eigenvalue weighted by Gasteiger charge is 2.29. The molecule has 1 aliphatic heterocycles. The molecular weight excluding hydrogens is 230 g/mol. The van der Waals surface area contributed by atoms with Crippen molar-refractivity contribution in [2.75, 3.05) is 13.1 Å². The van der Waals surface area contributed by atoms with Gasteiger partial charge in [0.1, 0.15) is 5.60 Å². The summed E-state index contributed by atoms with van der Waals surface area (Å²) in [5.74, 6) is 0. The van der Waals surface area contributed by atoms with Crippen LogP contribution in [-0.2, 0) is 4.74 Å². The van der Waals surface area contributed by atoms with E-state index in [2.05, 4.69) is 0 Å². The molecule has 0 saturated carbocycles. The Labute approximate surface area is 113 Å². The van der Waals surface area contributed by atoms with Gasteiger partial charge >= 0.3 is 6.09 Å². The topological polar surface area (TPSA) is 49.8 Å². The van der Waals surface area contributed by atoms with Crippen molar-refractivity contribution >= 4 is 6.09 Å². The van der Waals surface area contributed by atoms with E-state index in [0.717, 1.165) is 19.3 Å². The van der Waals surface area contributed by atoms with Gasteiger partial charge in [-0.3, -0.25) is 0 Å². The number of amides is 1. The van der Waals surface area contributed by atoms with E-state index in [9.17, 15) is 4.79 Å². The molecule has 1 amide bonds. The summed E-state index contributed by atoms with van der Waals surface area (Å²) < 4.78 is 19.7. The van der Waals surface area contributed by atoms with Gasteiger partial charge in [0.25, 0.3) is 0 Å². The molecule has 1 heterocycles. The van der Waals surface area contributed by atoms with Crippen molar-refractivity contribution in [1.29, 1.82) is 0 Å². The van der Waals surface area contributed by atoms with Crippen LogP contribution in [0.25, 0.3) is 0 Å². The fourth-order valence-corrected chi connectivity index (χ4v) is 2.28. The fraction of sp³-hybridized carbons (Fsp3) is 0.929. The molecule has 0 spiro atoms. The van der Waals surface area contributed by atoms with Gasteiger partial charge in [0, 0.05) is 19.1 Å². The molecule has 0 bridgehead atoms. The van der Waals surface area contributed by atoms with Crippen LogP contribution in [0.3, 0.4) is 0 Å². The predicted octanol–water partition coefficient (Wildman–Crippen LogP) is 2.94. The van der Waals surface area contributed by atoms with E-state index in [-0.39, 0.29) is 18.6 Å². The Balaban J connectivity index is 2.51. The zero-order chi connectivity index (χ0) is 15.4. The Kier molecular flexibility index (Phi) is 4.76. The molecule has 0 aromatic carbocycles. The van der Waals surface area contributed by atoms with Crippen LogP contribution in [0.15, 0.2) is 0 Å². The average Bonchev–Trinajstić information content (AvgIpc) is 2.25. The number of piperidine rings is 1. The quantitative estimate of drug-likeness (QED) is 0.844. The third-order valence-electron chi connectivity index (χ3n) is 3.08. The second-order valence-electron chi connectivity index (χ2n) is 5.87. The van der Waals surface area contributed by atoms with Gasteiger partial charge in [-0.1, -0.05) is 0 Å². The van der Waals surface area contributed by atoms with E-state index in [4.69, 9.17) is 12.6 Å². The van der Waals surface area contributed by atoms with Gasteiger partial charge in [0.05, 0.1) is 2.74 Å². The second-order valence-corrected chi connectivity index (χ2v) is 5.87. The van der Waals surface area contributed by atoms with Crippen molar-refractivity contribution in [2.24, 2.45) is 0 Å². The minimum absolute atomic E-state index is 0.0981. The molecule has 0 aromatic heterocycles. The Morgan fingerprint density at radius 1 is 1.44 bits per heavy atom. The number of hydrogen-bond donors (Lipinski definition) is 1. The Morgan fingerprint density at radius 2 is 2.17 bits per heavy atom. The first-order chi connectivity index (χ1) is 9.08. The number of aliphatic hydroxyl groups is 1. The molecule has 1 fully saturated rings. The Morgan fingerprint density at radius 3 is 2.78 bits per heavy atom. The molecule has 0 radical (unpaired) electrons. The summed E-state index contributed by atoms with van der Waals surface area (Å²) in [6.07, 6.45) is 4.08. The third-order valence-corrected chi connectivity index (χ3v) is 3.08. The number of likely N-dealkylation sites (tertiary alicyclic amines) is 1. The molecule has 1 saturated heterocycles. The van der Waals surface area contributed by atoms with Crippen LogP contribution in [0.5, 0.6) is 0 Å². The maximum Gasteiger partial charge on any atom is 0.410 e. The monoisotopic (exact) mass is 259 g/mol. The van der Waals surface area contributed by atoms with E-state index in [1.54, 1.807) is 4.90 Å². The van der Waals surface area contributed by atoms with Gasteiger partial charge < -0.3 is 14.7 Å². The Bertz CT molecular complexity index is 323. The van der Waals surface area contributed by atoms with Crippen LogP contribution in [0.4, 0.5) is 4.79 Å². The number of hydrogen-bond acceptors (Lipinski definition) is 3. The summed E-state index contributed by atoms with van der Waals surface area (Å²) in [4.78, 5) is 13.9. The van der Waals surface area contributed by atoms with Gasteiger partial charge in [-0.25, -0.2) is 4.79 Å². The lowest BCUT2D eigenvalue weighted by Gasteiger charge is -2.36. The number of ether oxygens (including phenoxy) is 1. The minimum Gasteiger partial charge on any atom is -0.444 e. The summed E-state index contributed by atoms with van der Waals surface area (Å²) in [7, 11) is 0. The summed E-state index contributed by atoms with van der Waals surface area (Å²) in [5.41, 5.74) is -0.498. The zero-order valence-corrected chi connectivity index (χ0v) is 11.7. The molecule has 1 N–H and O–H groups in total. The normalized spacial score (nSPS) is 23.3. The Hall–Kier alpha value is -0.770. The highest BCUT2D eigenvalue weighted by molar-refractivity contribution is 5.68. The van der Waals surface area contributed by atoms with Gasteiger partial charge in [-0.2, -0.15) is 0 Å². The summed E-state index contributed by atoms with van der Waals surface area (Å²) in [6.45, 7) is 4.13. The van der Waals surface area contributed by atoms with Crippen molar-refractivity contribution < 1.29 is 17.4 Å². The largest absolute Gasteiger partial charge is 0.444 e. The van der Waals surface area contributed by atoms with Gasteiger partial charge in [-0.05, 0) is 59.3 Å². The van der Waals surface area contributed by atoms with Crippen LogP contribution in [0.2, 0.25) is 0 Å². The van der Waals surface area contributed by atoms with Crippen LogP contribution >= 0.6 is 0 Å². The van der Waals surface area contributed by atoms with E-state index in [0.29, 0.717) is 19.4 Å². The maximum absolute atomic E-state index is 12.2. The van der Waals surface area contributed by atoms with E-state index in [1.165, 1.54) is 0 Å². The smallest absolute Gasteiger partial charge is 0.410 e. The first-order valence-corrected chi connectivity index (χ1v) is 6.80. The number of rotatable bonds is 4. The van der Waals surface area contributed by atoms with Crippen molar-refractivity contribution in [3.63, 3.8) is 0 Å². The van der Waals surface area contributed by atoms with Gasteiger partial charge in [0.15, 0.2) is 0 Å². The average molecular weight is 259 g/mol. The zero-order valence-electron chi connectivity index (χ0n) is 13.7. The highest BCUT2D eigenvalue weighted by Crippen LogP contribution is 2.23. The molecule has 18 heavy (non-hydrogen) atoms. The molecule has 1 rings (SSSR count). The minimum atomic E-state index is -2.12. The molecular formula is C14H27NO3. The lowest BCUT2D eigenvalue weighted by Crippen LogP contribution is -2.46. The van der Waals surface area contributed by atoms with Gasteiger partial charge in [-0.15, -0.1) is 0 Å². The predicted molar refractivity (Wildman–Crippen MR) is 71.5 cm³/mol. The standard InChI is InChI=1S/C14H27NO3/c1-14(2,3)18-13(17)15-10-6-4-8-12(15)9-5-7-11-16/h12,16H,4-11H2,1-3H3/i11D2. The molecule has 1 aliphatic rings. The van der Waals surface area contributed by atoms with E-state index < -0.39 is 12.2 Å². The lowest BCUT2D eigenvalue weighted by atomic mass is 9.98. The first-order valence-electron chi connectivity index (χ1n) is 7.80. The number of carbonyl (C=O) groups is 1. The van der Waals surface area contributed by atoms with Gasteiger partial charge in [0.2, 0.25) is 0 Å². The molecule has 4 nitrogen and oxygen atoms in total. The van der Waals surface area contributed by atoms with Crippen molar-refractivity contribution in [2.45, 2.75) is 70.9 Å². The molecule has 0 aromatic rings. The van der Waals surface area contributed by atoms with E-state index in [1.807, 2.05) is 20.8 Å². The van der Waals surface area contributed by atoms with Crippen molar-refractivity contribution in [1.82, 2.24) is 4.90 Å². The maximum atomic E-state index is 12.2. The molecule has 0 aliphatic carbocycles. The molecule has 106 valence electrons. The molecule has 1 atom stereocenters. The molecule has 1 unspecified atom stereocenters. The third kappa shape index (κ3) is 5.25. The van der Waals surface area contributed by atoms with Crippen LogP contribution in [0, 0.1) is 0 Å². The van der Waals surface area contributed by atoms with Crippen LogP contribution < -0.4 is 0 Å². The molecule has 4 heteroatoms. The summed E-state index contributed by atoms with van der Waals surface area (Å²) >= 11 is 0. The number of nitrogens with zero attached hydrogens (tertiary/aromatic N) is 1. The summed E-state index contributed by atoms with van der Waals surface area (Å²) in [6, 6.07) is 0.0981. The van der Waals surface area contributed by atoms with Crippen LogP contribution in [-0.4, -0.2) is 40.8 Å². The number of carbonyl (C=O) groups excluding carboxylic acids is 1.